The lowest BCUT2D eigenvalue weighted by Gasteiger charge is -1.58. The normalized spacial score (nSPS) is 21.0. The first-order valence-electron chi connectivity index (χ1n) is 1.65. The minimum absolute atomic E-state index is 0. The van der Waals surface area contributed by atoms with E-state index in [2.05, 4.69) is 0 Å². The Balaban J connectivity index is 0.000000160. The lowest BCUT2D eigenvalue weighted by Crippen LogP contribution is -1.94. The summed E-state index contributed by atoms with van der Waals surface area (Å²) in [6.07, 6.45) is 2.53. The monoisotopic (exact) mass is 89.1 g/mol. The van der Waals surface area contributed by atoms with Crippen molar-refractivity contribution in [3.8, 4) is 0 Å². The zero-order valence-corrected chi connectivity index (χ0v) is 2.57. The van der Waals surface area contributed by atoms with Crippen LogP contribution in [-0.4, -0.2) is 17.0 Å². The maximum atomic E-state index is 5.22. The molecule has 1 saturated carbocycles. The van der Waals surface area contributed by atoms with Gasteiger partial charge in [0.1, 0.15) is 0 Å². The highest BCUT2D eigenvalue weighted by atomic mass is 28.1. The van der Waals surface area contributed by atoms with E-state index in [9.17, 15) is 0 Å². The van der Waals surface area contributed by atoms with Gasteiger partial charge in [-0.05, 0) is 23.8 Å². The molecule has 1 fully saturated rings. The summed E-state index contributed by atoms with van der Waals surface area (Å²) in [7, 11) is 0. The summed E-state index contributed by atoms with van der Waals surface area (Å²) in [4.78, 5) is 0. The van der Waals surface area contributed by atoms with Crippen LogP contribution in [0.1, 0.15) is 12.8 Å². The van der Waals surface area contributed by atoms with Crippen LogP contribution >= 0.6 is 0 Å². The van der Waals surface area contributed by atoms with Gasteiger partial charge in [-0.1, -0.05) is 0 Å². The van der Waals surface area contributed by atoms with E-state index in [-0.39, 0.29) is 11.0 Å². The van der Waals surface area contributed by atoms with Crippen molar-refractivity contribution < 1.29 is 0 Å². The van der Waals surface area contributed by atoms with Gasteiger partial charge in [0.2, 0.25) is 0 Å². The molecule has 1 aliphatic rings. The molecule has 0 aromatic rings. The Hall–Kier alpha value is 0.177. The summed E-state index contributed by atoms with van der Waals surface area (Å²) in [5.41, 5.74) is 5.22. The highest BCUT2D eigenvalue weighted by molar-refractivity contribution is 5.75. The molecular weight excluding hydrogens is 78.1 g/mol. The molecule has 1 aliphatic carbocycles. The van der Waals surface area contributed by atoms with Gasteiger partial charge < -0.3 is 5.73 Å². The zero-order chi connectivity index (χ0) is 2.99. The van der Waals surface area contributed by atoms with Crippen molar-refractivity contribution in [1.82, 2.24) is 0 Å². The maximum absolute atomic E-state index is 5.22. The molecule has 1 nitrogen and oxygen atoms in total. The van der Waals surface area contributed by atoms with Crippen LogP contribution in [0.25, 0.3) is 0 Å². The molecule has 0 aliphatic heterocycles. The van der Waals surface area contributed by atoms with Crippen LogP contribution in [0.15, 0.2) is 0 Å². The third-order valence-corrected chi connectivity index (χ3v) is 0.622. The van der Waals surface area contributed by atoms with Gasteiger partial charge in [-0.3, -0.25) is 0 Å². The average Bonchev–Trinajstić information content (AvgIpc) is 1.75. The summed E-state index contributed by atoms with van der Waals surface area (Å²) >= 11 is 0. The topological polar surface area (TPSA) is 26.0 Å². The first-order chi connectivity index (χ1) is 1.89. The summed E-state index contributed by atoms with van der Waals surface area (Å²) in [6.45, 7) is 0. The molecule has 0 spiro atoms. The molecule has 0 aromatic carbocycles. The smallest absolute Gasteiger partial charge is 0.00399 e. The molecule has 0 saturated heterocycles. The fourth-order valence-corrected chi connectivity index (χ4v) is 0.0962. The van der Waals surface area contributed by atoms with Crippen LogP contribution in [0.4, 0.5) is 0 Å². The van der Waals surface area contributed by atoms with Crippen LogP contribution in [0, 0.1) is 0 Å². The van der Waals surface area contributed by atoms with E-state index < -0.39 is 0 Å². The third kappa shape index (κ3) is 1.96. The molecule has 5 heavy (non-hydrogen) atoms. The van der Waals surface area contributed by atoms with Crippen LogP contribution in [-0.2, 0) is 0 Å². The Morgan fingerprint density at radius 3 is 1.60 bits per heavy atom. The fraction of sp³-hybridized carbons (Fsp3) is 1.00. The van der Waals surface area contributed by atoms with Crippen molar-refractivity contribution in [3.05, 3.63) is 0 Å². The van der Waals surface area contributed by atoms with Gasteiger partial charge in [0, 0.05) is 6.04 Å². The molecule has 0 aromatic heterocycles. The second kappa shape index (κ2) is 1.57. The predicted molar refractivity (Wildman–Crippen MR) is 28.5 cm³/mol. The number of nitrogens with two attached hydrogens (primary N) is 1. The van der Waals surface area contributed by atoms with E-state index in [1.807, 2.05) is 0 Å². The Morgan fingerprint density at radius 1 is 1.40 bits per heavy atom. The highest BCUT2D eigenvalue weighted by Gasteiger charge is 2.13. The van der Waals surface area contributed by atoms with Crippen molar-refractivity contribution in [2.24, 2.45) is 5.73 Å². The van der Waals surface area contributed by atoms with E-state index >= 15 is 0 Å². The average molecular weight is 89.2 g/mol. The predicted octanol–water partition coefficient (Wildman–Crippen LogP) is -1.34. The summed E-state index contributed by atoms with van der Waals surface area (Å²) in [6, 6.07) is 0.583. The molecule has 0 bridgehead atoms. The molecule has 0 amide bonds. The number of hydrogen-bond donors (Lipinski definition) is 1. The van der Waals surface area contributed by atoms with Crippen LogP contribution in [0.5, 0.6) is 0 Å². The van der Waals surface area contributed by atoms with Gasteiger partial charge in [0.25, 0.3) is 0 Å². The second-order valence-electron chi connectivity index (χ2n) is 1.34. The van der Waals surface area contributed by atoms with Crippen molar-refractivity contribution in [1.29, 1.82) is 0 Å². The SMILES string of the molecule is NC1CC1.[SiH4]. The van der Waals surface area contributed by atoms with E-state index in [1.165, 1.54) is 12.8 Å². The number of hydrogen-bond acceptors (Lipinski definition) is 1. The molecule has 0 radical (unpaired) electrons. The lowest BCUT2D eigenvalue weighted by molar-refractivity contribution is 1.07. The highest BCUT2D eigenvalue weighted by Crippen LogP contribution is 2.13. The van der Waals surface area contributed by atoms with Gasteiger partial charge in [-0.25, -0.2) is 0 Å². The minimum atomic E-state index is 0. The van der Waals surface area contributed by atoms with Crippen molar-refractivity contribution in [3.63, 3.8) is 0 Å². The fourth-order valence-electron chi connectivity index (χ4n) is 0.0962. The minimum Gasteiger partial charge on any atom is -0.328 e. The van der Waals surface area contributed by atoms with E-state index in [0.29, 0.717) is 6.04 Å². The Morgan fingerprint density at radius 2 is 1.60 bits per heavy atom. The van der Waals surface area contributed by atoms with Gasteiger partial charge >= 0.3 is 0 Å². The molecule has 0 unspecified atom stereocenters. The summed E-state index contributed by atoms with van der Waals surface area (Å²) in [5.74, 6) is 0. The second-order valence-corrected chi connectivity index (χ2v) is 1.34. The van der Waals surface area contributed by atoms with Crippen molar-refractivity contribution in [2.45, 2.75) is 18.9 Å². The first-order valence-corrected chi connectivity index (χ1v) is 1.65. The molecular formula is C3H11NSi. The standard InChI is InChI=1S/C3H7N.H4Si/c4-3-1-2-3;/h3H,1-2,4H2;1H4. The number of rotatable bonds is 0. The molecule has 2 heteroatoms. The summed E-state index contributed by atoms with van der Waals surface area (Å²) < 4.78 is 0. The molecule has 0 heterocycles. The third-order valence-electron chi connectivity index (χ3n) is 0.622. The largest absolute Gasteiger partial charge is 0.328 e. The van der Waals surface area contributed by atoms with Crippen molar-refractivity contribution >= 4 is 11.0 Å². The Labute approximate surface area is 36.6 Å². The lowest BCUT2D eigenvalue weighted by atomic mass is 10.8. The Kier molecular flexibility index (Phi) is 1.63. The quantitative estimate of drug-likeness (QED) is 0.365. The molecule has 0 atom stereocenters. The zero-order valence-electron chi connectivity index (χ0n) is 2.57. The van der Waals surface area contributed by atoms with Gasteiger partial charge in [0.15, 0.2) is 0 Å². The van der Waals surface area contributed by atoms with Crippen LogP contribution in [0.3, 0.4) is 0 Å². The van der Waals surface area contributed by atoms with E-state index in [1.54, 1.807) is 0 Å². The van der Waals surface area contributed by atoms with Crippen LogP contribution in [0.2, 0.25) is 0 Å². The van der Waals surface area contributed by atoms with Crippen LogP contribution < -0.4 is 5.73 Å². The maximum Gasteiger partial charge on any atom is 0.00399 e. The first kappa shape index (κ1) is 5.18. The van der Waals surface area contributed by atoms with Gasteiger partial charge in [0.05, 0.1) is 0 Å². The summed E-state index contributed by atoms with van der Waals surface area (Å²) in [5, 5.41) is 0. The van der Waals surface area contributed by atoms with Gasteiger partial charge in [-0.15, -0.1) is 0 Å². The Bertz CT molecular complexity index is 26.1. The van der Waals surface area contributed by atoms with Crippen molar-refractivity contribution in [2.75, 3.05) is 0 Å². The molecule has 32 valence electrons. The molecule has 2 N–H and O–H groups in total. The van der Waals surface area contributed by atoms with Gasteiger partial charge in [-0.2, -0.15) is 0 Å². The molecule has 1 rings (SSSR count). The van der Waals surface area contributed by atoms with E-state index in [0.717, 1.165) is 0 Å². The van der Waals surface area contributed by atoms with E-state index in [4.69, 9.17) is 5.73 Å².